The molecular formula is C20H26N4O3S2. The Kier molecular flexibility index (Phi) is 5.80. The molecule has 1 saturated heterocycles. The highest BCUT2D eigenvalue weighted by Crippen LogP contribution is 2.27. The Bertz CT molecular complexity index is 989. The second-order valence-corrected chi connectivity index (χ2v) is 10.6. The topological polar surface area (TPSA) is 81.8 Å². The standard InChI is InChI=1S/C20H26N4O3S2/c1-15(23-9-6-19-16(14-23)7-10-28-19)13-21-20(25)22-17-4-2-5-18(12-17)24-8-3-11-29(24,26)27/h2,4-5,7,10,12,15H,3,6,8-9,11,13-14H2,1H3,(H2,21,22,25). The van der Waals surface area contributed by atoms with Crippen molar-refractivity contribution in [2.75, 3.05) is 35.0 Å². The zero-order valence-electron chi connectivity index (χ0n) is 16.4. The Morgan fingerprint density at radius 1 is 1.28 bits per heavy atom. The number of carbonyl (C=O) groups excluding carboxylic acids is 1. The molecule has 1 aromatic heterocycles. The molecule has 2 aromatic rings. The lowest BCUT2D eigenvalue weighted by molar-refractivity contribution is 0.188. The van der Waals surface area contributed by atoms with E-state index in [0.29, 0.717) is 30.9 Å². The number of nitrogens with one attached hydrogen (secondary N) is 2. The molecule has 7 nitrogen and oxygen atoms in total. The number of rotatable bonds is 5. The van der Waals surface area contributed by atoms with E-state index >= 15 is 0 Å². The predicted octanol–water partition coefficient (Wildman–Crippen LogP) is 2.86. The van der Waals surface area contributed by atoms with Crippen molar-refractivity contribution in [1.29, 1.82) is 0 Å². The van der Waals surface area contributed by atoms with Crippen LogP contribution in [-0.2, 0) is 23.0 Å². The van der Waals surface area contributed by atoms with Crippen molar-refractivity contribution in [3.05, 3.63) is 46.2 Å². The molecule has 2 aliphatic rings. The van der Waals surface area contributed by atoms with E-state index in [1.54, 1.807) is 24.3 Å². The average Bonchev–Trinajstić information content (AvgIpc) is 3.31. The van der Waals surface area contributed by atoms with Gasteiger partial charge in [-0.15, -0.1) is 11.3 Å². The second-order valence-electron chi connectivity index (χ2n) is 7.57. The fraction of sp³-hybridized carbons (Fsp3) is 0.450. The molecule has 0 aliphatic carbocycles. The monoisotopic (exact) mass is 434 g/mol. The molecule has 1 fully saturated rings. The summed E-state index contributed by atoms with van der Waals surface area (Å²) in [6.45, 7) is 5.08. The van der Waals surface area contributed by atoms with Gasteiger partial charge in [0.2, 0.25) is 10.0 Å². The quantitative estimate of drug-likeness (QED) is 0.758. The molecule has 2 N–H and O–H groups in total. The molecular weight excluding hydrogens is 408 g/mol. The predicted molar refractivity (Wildman–Crippen MR) is 117 cm³/mol. The van der Waals surface area contributed by atoms with Crippen LogP contribution < -0.4 is 14.9 Å². The number of carbonyl (C=O) groups is 1. The smallest absolute Gasteiger partial charge is 0.319 e. The third-order valence-electron chi connectivity index (χ3n) is 5.51. The maximum Gasteiger partial charge on any atom is 0.319 e. The first-order valence-electron chi connectivity index (χ1n) is 9.87. The lowest BCUT2D eigenvalue weighted by Crippen LogP contribution is -2.45. The van der Waals surface area contributed by atoms with Crippen molar-refractivity contribution in [2.45, 2.75) is 32.4 Å². The van der Waals surface area contributed by atoms with Crippen LogP contribution in [0.5, 0.6) is 0 Å². The fourth-order valence-corrected chi connectivity index (χ4v) is 6.31. The van der Waals surface area contributed by atoms with Gasteiger partial charge in [0, 0.05) is 42.8 Å². The first kappa shape index (κ1) is 20.2. The van der Waals surface area contributed by atoms with E-state index in [0.717, 1.165) is 19.5 Å². The number of urea groups is 1. The van der Waals surface area contributed by atoms with Crippen LogP contribution in [0.1, 0.15) is 23.8 Å². The molecule has 1 aromatic carbocycles. The molecule has 0 saturated carbocycles. The van der Waals surface area contributed by atoms with Gasteiger partial charge in [0.15, 0.2) is 0 Å². The number of sulfonamides is 1. The van der Waals surface area contributed by atoms with E-state index in [1.165, 1.54) is 14.7 Å². The number of hydrogen-bond acceptors (Lipinski definition) is 5. The fourth-order valence-electron chi connectivity index (χ4n) is 3.86. The van der Waals surface area contributed by atoms with Crippen LogP contribution in [0, 0.1) is 0 Å². The van der Waals surface area contributed by atoms with E-state index in [2.05, 4.69) is 33.9 Å². The number of fused-ring (bicyclic) bond motifs is 1. The number of benzene rings is 1. The maximum absolute atomic E-state index is 12.3. The number of thiophene rings is 1. The molecule has 3 heterocycles. The molecule has 4 rings (SSSR count). The molecule has 9 heteroatoms. The molecule has 2 aliphatic heterocycles. The van der Waals surface area contributed by atoms with Gasteiger partial charge in [-0.05, 0) is 55.0 Å². The van der Waals surface area contributed by atoms with E-state index in [9.17, 15) is 13.2 Å². The van der Waals surface area contributed by atoms with Crippen molar-refractivity contribution in [1.82, 2.24) is 10.2 Å². The van der Waals surface area contributed by atoms with Crippen molar-refractivity contribution in [2.24, 2.45) is 0 Å². The minimum Gasteiger partial charge on any atom is -0.336 e. The molecule has 0 radical (unpaired) electrons. The Balaban J connectivity index is 1.30. The van der Waals surface area contributed by atoms with Gasteiger partial charge in [0.1, 0.15) is 0 Å². The molecule has 1 atom stereocenters. The Morgan fingerprint density at radius 2 is 2.14 bits per heavy atom. The van der Waals surface area contributed by atoms with Crippen LogP contribution in [0.4, 0.5) is 16.2 Å². The minimum absolute atomic E-state index is 0.173. The highest BCUT2D eigenvalue weighted by atomic mass is 32.2. The molecule has 0 bridgehead atoms. The maximum atomic E-state index is 12.3. The van der Waals surface area contributed by atoms with Crippen molar-refractivity contribution < 1.29 is 13.2 Å². The van der Waals surface area contributed by atoms with Gasteiger partial charge in [-0.25, -0.2) is 13.2 Å². The van der Waals surface area contributed by atoms with Crippen LogP contribution >= 0.6 is 11.3 Å². The molecule has 29 heavy (non-hydrogen) atoms. The summed E-state index contributed by atoms with van der Waals surface area (Å²) in [7, 11) is -3.24. The number of nitrogens with zero attached hydrogens (tertiary/aromatic N) is 2. The van der Waals surface area contributed by atoms with Crippen LogP contribution in [0.25, 0.3) is 0 Å². The SMILES string of the molecule is CC(CNC(=O)Nc1cccc(N2CCCS2(=O)=O)c1)N1CCc2sccc2C1. The number of amides is 2. The van der Waals surface area contributed by atoms with E-state index in [1.807, 2.05) is 11.3 Å². The summed E-state index contributed by atoms with van der Waals surface area (Å²) in [5.41, 5.74) is 2.57. The van der Waals surface area contributed by atoms with Crippen LogP contribution in [-0.4, -0.2) is 50.8 Å². The van der Waals surface area contributed by atoms with Crippen LogP contribution in [0.2, 0.25) is 0 Å². The summed E-state index contributed by atoms with van der Waals surface area (Å²) in [6.07, 6.45) is 1.69. The van der Waals surface area contributed by atoms with Crippen LogP contribution in [0.3, 0.4) is 0 Å². The van der Waals surface area contributed by atoms with Gasteiger partial charge >= 0.3 is 6.03 Å². The highest BCUT2D eigenvalue weighted by Gasteiger charge is 2.28. The largest absolute Gasteiger partial charge is 0.336 e. The Labute approximate surface area is 175 Å². The van der Waals surface area contributed by atoms with Crippen LogP contribution in [0.15, 0.2) is 35.7 Å². The van der Waals surface area contributed by atoms with Gasteiger partial charge < -0.3 is 10.6 Å². The Morgan fingerprint density at radius 3 is 2.93 bits per heavy atom. The zero-order chi connectivity index (χ0) is 20.4. The summed E-state index contributed by atoms with van der Waals surface area (Å²) in [4.78, 5) is 16.2. The first-order chi connectivity index (χ1) is 13.9. The van der Waals surface area contributed by atoms with E-state index in [-0.39, 0.29) is 17.8 Å². The number of anilines is 2. The van der Waals surface area contributed by atoms with Crippen molar-refractivity contribution in [3.8, 4) is 0 Å². The van der Waals surface area contributed by atoms with E-state index < -0.39 is 10.0 Å². The van der Waals surface area contributed by atoms with Crippen molar-refractivity contribution in [3.63, 3.8) is 0 Å². The van der Waals surface area contributed by atoms with Gasteiger partial charge in [-0.2, -0.15) is 0 Å². The molecule has 2 amide bonds. The Hall–Kier alpha value is -2.10. The molecule has 1 unspecified atom stereocenters. The summed E-state index contributed by atoms with van der Waals surface area (Å²) in [5.74, 6) is 0.173. The average molecular weight is 435 g/mol. The third-order valence-corrected chi connectivity index (χ3v) is 8.40. The minimum atomic E-state index is -3.24. The van der Waals surface area contributed by atoms with Gasteiger partial charge in [0.25, 0.3) is 0 Å². The first-order valence-corrected chi connectivity index (χ1v) is 12.4. The molecule has 156 valence electrons. The number of hydrogen-bond donors (Lipinski definition) is 2. The normalized spacial score (nSPS) is 19.6. The lowest BCUT2D eigenvalue weighted by atomic mass is 10.1. The van der Waals surface area contributed by atoms with Gasteiger partial charge in [-0.1, -0.05) is 6.07 Å². The molecule has 0 spiro atoms. The van der Waals surface area contributed by atoms with E-state index in [4.69, 9.17) is 0 Å². The highest BCUT2D eigenvalue weighted by molar-refractivity contribution is 7.93. The summed E-state index contributed by atoms with van der Waals surface area (Å²) in [6, 6.07) is 9.11. The summed E-state index contributed by atoms with van der Waals surface area (Å²) >= 11 is 1.82. The lowest BCUT2D eigenvalue weighted by Gasteiger charge is -2.32. The van der Waals surface area contributed by atoms with Crippen molar-refractivity contribution >= 4 is 38.8 Å². The van der Waals surface area contributed by atoms with Gasteiger partial charge in [0.05, 0.1) is 11.4 Å². The van der Waals surface area contributed by atoms with Gasteiger partial charge in [-0.3, -0.25) is 9.21 Å². The second kappa shape index (κ2) is 8.33. The zero-order valence-corrected chi connectivity index (χ0v) is 18.1. The summed E-state index contributed by atoms with van der Waals surface area (Å²) < 4.78 is 25.6. The summed E-state index contributed by atoms with van der Waals surface area (Å²) in [5, 5.41) is 7.89. The third kappa shape index (κ3) is 4.57.